The minimum atomic E-state index is 0.572. The van der Waals surface area contributed by atoms with Gasteiger partial charge in [0, 0.05) is 24.8 Å². The summed E-state index contributed by atoms with van der Waals surface area (Å²) in [4.78, 5) is 2.35. The Labute approximate surface area is 107 Å². The number of nitrogens with zero attached hydrogens (tertiary/aromatic N) is 1. The Balaban J connectivity index is 2.13. The third-order valence-electron chi connectivity index (χ3n) is 3.10. The van der Waals surface area contributed by atoms with E-state index in [1.165, 1.54) is 12.8 Å². The molecule has 1 aliphatic rings. The second kappa shape index (κ2) is 5.26. The molecule has 0 spiro atoms. The minimum Gasteiger partial charge on any atom is -0.370 e. The Kier molecular flexibility index (Phi) is 3.95. The van der Waals surface area contributed by atoms with Gasteiger partial charge in [-0.05, 0) is 38.1 Å². The van der Waals surface area contributed by atoms with Gasteiger partial charge in [-0.25, -0.2) is 0 Å². The van der Waals surface area contributed by atoms with Gasteiger partial charge in [-0.3, -0.25) is 0 Å². The van der Waals surface area contributed by atoms with Gasteiger partial charge < -0.3 is 10.2 Å². The van der Waals surface area contributed by atoms with Crippen LogP contribution in [0, 0.1) is 0 Å². The molecule has 0 aliphatic carbocycles. The maximum atomic E-state index is 6.03. The van der Waals surface area contributed by atoms with Gasteiger partial charge in [-0.15, -0.1) is 0 Å². The molecule has 0 saturated carbocycles. The first-order valence-corrected chi connectivity index (χ1v) is 6.33. The molecule has 1 heterocycles. The number of hydrogen-bond donors (Lipinski definition) is 1. The fourth-order valence-corrected chi connectivity index (χ4v) is 2.42. The van der Waals surface area contributed by atoms with Crippen molar-refractivity contribution >= 4 is 28.9 Å². The molecule has 88 valence electrons. The highest BCUT2D eigenvalue weighted by atomic mass is 35.5. The number of benzene rings is 1. The van der Waals surface area contributed by atoms with E-state index < -0.39 is 0 Å². The third-order valence-corrected chi connectivity index (χ3v) is 3.84. The van der Waals surface area contributed by atoms with E-state index in [1.54, 1.807) is 0 Å². The summed E-state index contributed by atoms with van der Waals surface area (Å²) in [5.74, 6) is 0. The van der Waals surface area contributed by atoms with Crippen molar-refractivity contribution in [3.8, 4) is 0 Å². The standard InChI is InChI=1S/C12H16Cl2N2/c1-15-9-3-2-6-16(8-9)10-4-5-11(13)12(14)7-10/h4-5,7,9,15H,2-3,6,8H2,1H3. The fraction of sp³-hybridized carbons (Fsp3) is 0.500. The third kappa shape index (κ3) is 2.62. The molecule has 1 saturated heterocycles. The second-order valence-corrected chi connectivity index (χ2v) is 4.99. The smallest absolute Gasteiger partial charge is 0.0612 e. The number of hydrogen-bond acceptors (Lipinski definition) is 2. The van der Waals surface area contributed by atoms with Crippen molar-refractivity contribution in [2.45, 2.75) is 18.9 Å². The first kappa shape index (κ1) is 12.0. The zero-order valence-electron chi connectivity index (χ0n) is 9.34. The predicted octanol–water partition coefficient (Wildman–Crippen LogP) is 3.18. The molecule has 4 heteroatoms. The highest BCUT2D eigenvalue weighted by Gasteiger charge is 2.18. The predicted molar refractivity (Wildman–Crippen MR) is 70.8 cm³/mol. The van der Waals surface area contributed by atoms with E-state index in [1.807, 2.05) is 25.2 Å². The molecule has 2 nitrogen and oxygen atoms in total. The Morgan fingerprint density at radius 3 is 2.81 bits per heavy atom. The van der Waals surface area contributed by atoms with Gasteiger partial charge in [-0.2, -0.15) is 0 Å². The second-order valence-electron chi connectivity index (χ2n) is 4.17. The van der Waals surface area contributed by atoms with Crippen molar-refractivity contribution in [2.24, 2.45) is 0 Å². The highest BCUT2D eigenvalue weighted by molar-refractivity contribution is 6.42. The number of halogens is 2. The zero-order chi connectivity index (χ0) is 11.5. The number of anilines is 1. The molecule has 1 fully saturated rings. The van der Waals surface area contributed by atoms with Crippen LogP contribution in [-0.2, 0) is 0 Å². The maximum Gasteiger partial charge on any atom is 0.0612 e. The number of rotatable bonds is 2. The van der Waals surface area contributed by atoms with Gasteiger partial charge in [-0.1, -0.05) is 23.2 Å². The van der Waals surface area contributed by atoms with Gasteiger partial charge in [0.15, 0.2) is 0 Å². The molecule has 2 rings (SSSR count). The quantitative estimate of drug-likeness (QED) is 0.877. The van der Waals surface area contributed by atoms with E-state index in [-0.39, 0.29) is 0 Å². The van der Waals surface area contributed by atoms with Crippen molar-refractivity contribution in [3.05, 3.63) is 28.2 Å². The summed E-state index contributed by atoms with van der Waals surface area (Å²) < 4.78 is 0. The summed E-state index contributed by atoms with van der Waals surface area (Å²) in [6, 6.07) is 6.42. The molecule has 1 unspecified atom stereocenters. The summed E-state index contributed by atoms with van der Waals surface area (Å²) in [6.45, 7) is 2.13. The Morgan fingerprint density at radius 2 is 2.12 bits per heavy atom. The summed E-state index contributed by atoms with van der Waals surface area (Å²) in [5, 5.41) is 4.58. The molecule has 0 amide bonds. The average Bonchev–Trinajstić information content (AvgIpc) is 2.33. The average molecular weight is 259 g/mol. The highest BCUT2D eigenvalue weighted by Crippen LogP contribution is 2.28. The molecular weight excluding hydrogens is 243 g/mol. The van der Waals surface area contributed by atoms with Crippen molar-refractivity contribution < 1.29 is 0 Å². The summed E-state index contributed by atoms with van der Waals surface area (Å²) >= 11 is 11.9. The molecule has 1 N–H and O–H groups in total. The first-order valence-electron chi connectivity index (χ1n) is 5.58. The van der Waals surface area contributed by atoms with Gasteiger partial charge in [0.25, 0.3) is 0 Å². The molecule has 16 heavy (non-hydrogen) atoms. The summed E-state index contributed by atoms with van der Waals surface area (Å²) in [5.41, 5.74) is 1.16. The molecule has 1 aromatic rings. The van der Waals surface area contributed by atoms with Crippen LogP contribution < -0.4 is 10.2 Å². The molecule has 0 aromatic heterocycles. The zero-order valence-corrected chi connectivity index (χ0v) is 10.9. The monoisotopic (exact) mass is 258 g/mol. The Bertz CT molecular complexity index is 368. The van der Waals surface area contributed by atoms with Crippen LogP contribution in [0.2, 0.25) is 10.0 Å². The van der Waals surface area contributed by atoms with Crippen LogP contribution in [0.4, 0.5) is 5.69 Å². The van der Waals surface area contributed by atoms with Crippen molar-refractivity contribution in [1.82, 2.24) is 5.32 Å². The van der Waals surface area contributed by atoms with Crippen LogP contribution in [0.5, 0.6) is 0 Å². The lowest BCUT2D eigenvalue weighted by Gasteiger charge is -2.34. The lowest BCUT2D eigenvalue weighted by Crippen LogP contribution is -2.44. The maximum absolute atomic E-state index is 6.03. The Hall–Kier alpha value is -0.440. The lowest BCUT2D eigenvalue weighted by atomic mass is 10.1. The SMILES string of the molecule is CNC1CCCN(c2ccc(Cl)c(Cl)c2)C1. The van der Waals surface area contributed by atoms with E-state index in [0.717, 1.165) is 18.8 Å². The number of piperidine rings is 1. The van der Waals surface area contributed by atoms with E-state index in [0.29, 0.717) is 16.1 Å². The van der Waals surface area contributed by atoms with Gasteiger partial charge in [0.1, 0.15) is 0 Å². The van der Waals surface area contributed by atoms with Crippen molar-refractivity contribution in [3.63, 3.8) is 0 Å². The molecule has 0 radical (unpaired) electrons. The van der Waals surface area contributed by atoms with Crippen LogP contribution in [0.3, 0.4) is 0 Å². The van der Waals surface area contributed by atoms with Crippen molar-refractivity contribution in [2.75, 3.05) is 25.0 Å². The van der Waals surface area contributed by atoms with E-state index in [4.69, 9.17) is 23.2 Å². The molecule has 1 aromatic carbocycles. The fourth-order valence-electron chi connectivity index (χ4n) is 2.13. The normalized spacial score (nSPS) is 21.2. The first-order chi connectivity index (χ1) is 7.70. The number of nitrogens with one attached hydrogen (secondary N) is 1. The largest absolute Gasteiger partial charge is 0.370 e. The van der Waals surface area contributed by atoms with Crippen LogP contribution in [-0.4, -0.2) is 26.2 Å². The molecule has 1 aliphatic heterocycles. The van der Waals surface area contributed by atoms with Gasteiger partial charge in [0.05, 0.1) is 10.0 Å². The van der Waals surface area contributed by atoms with Crippen LogP contribution in [0.25, 0.3) is 0 Å². The van der Waals surface area contributed by atoms with E-state index in [9.17, 15) is 0 Å². The molecule has 1 atom stereocenters. The molecule has 0 bridgehead atoms. The topological polar surface area (TPSA) is 15.3 Å². The summed E-state index contributed by atoms with van der Waals surface area (Å²) in [6.07, 6.45) is 2.46. The van der Waals surface area contributed by atoms with E-state index >= 15 is 0 Å². The van der Waals surface area contributed by atoms with Crippen LogP contribution >= 0.6 is 23.2 Å². The summed E-state index contributed by atoms with van der Waals surface area (Å²) in [7, 11) is 2.02. The van der Waals surface area contributed by atoms with Gasteiger partial charge in [0.2, 0.25) is 0 Å². The van der Waals surface area contributed by atoms with Crippen molar-refractivity contribution in [1.29, 1.82) is 0 Å². The van der Waals surface area contributed by atoms with E-state index in [2.05, 4.69) is 10.2 Å². The minimum absolute atomic E-state index is 0.572. The lowest BCUT2D eigenvalue weighted by molar-refractivity contribution is 0.449. The molecular formula is C12H16Cl2N2. The van der Waals surface area contributed by atoms with Gasteiger partial charge >= 0.3 is 0 Å². The van der Waals surface area contributed by atoms with Crippen LogP contribution in [0.1, 0.15) is 12.8 Å². The number of likely N-dealkylation sites (N-methyl/N-ethyl adjacent to an activating group) is 1. The Morgan fingerprint density at radius 1 is 1.31 bits per heavy atom. The van der Waals surface area contributed by atoms with Crippen LogP contribution in [0.15, 0.2) is 18.2 Å².